The minimum Gasteiger partial charge on any atom is -0.497 e. The first-order valence-corrected chi connectivity index (χ1v) is 9.46. The first kappa shape index (κ1) is 21.6. The van der Waals surface area contributed by atoms with E-state index in [1.807, 2.05) is 20.8 Å². The third-order valence-corrected chi connectivity index (χ3v) is 5.33. The van der Waals surface area contributed by atoms with Gasteiger partial charge in [-0.2, -0.15) is 0 Å². The van der Waals surface area contributed by atoms with Crippen LogP contribution in [0.25, 0.3) is 0 Å². The number of nitrogens with one attached hydrogen (secondary N) is 2. The summed E-state index contributed by atoms with van der Waals surface area (Å²) in [7, 11) is 1.49. The van der Waals surface area contributed by atoms with Crippen LogP contribution in [0.3, 0.4) is 0 Å². The quantitative estimate of drug-likeness (QED) is 0.770. The van der Waals surface area contributed by atoms with Gasteiger partial charge in [-0.1, -0.05) is 32.4 Å². The molecule has 0 aliphatic carbocycles. The number of ether oxygens (including phenoxy) is 1. The third kappa shape index (κ3) is 5.42. The van der Waals surface area contributed by atoms with Gasteiger partial charge >= 0.3 is 0 Å². The van der Waals surface area contributed by atoms with Gasteiger partial charge in [0.2, 0.25) is 0 Å². The minimum absolute atomic E-state index is 0.00859. The molecule has 1 aromatic rings. The van der Waals surface area contributed by atoms with Crippen molar-refractivity contribution in [1.82, 2.24) is 10.6 Å². The average molecular weight is 399 g/mol. The molecule has 5 nitrogen and oxygen atoms in total. The van der Waals surface area contributed by atoms with Crippen molar-refractivity contribution in [2.45, 2.75) is 39.8 Å². The van der Waals surface area contributed by atoms with Gasteiger partial charge in [-0.15, -0.1) is 0 Å². The van der Waals surface area contributed by atoms with E-state index in [1.54, 1.807) is 12.1 Å². The molecule has 1 aliphatic heterocycles. The van der Waals surface area contributed by atoms with E-state index in [4.69, 9.17) is 16.3 Å². The Kier molecular flexibility index (Phi) is 6.87. The Bertz CT molecular complexity index is 705. The van der Waals surface area contributed by atoms with E-state index in [1.165, 1.54) is 13.2 Å². The average Bonchev–Trinajstić information content (AvgIpc) is 2.60. The fraction of sp³-hybridized carbons (Fsp3) is 0.600. The Balaban J connectivity index is 2.17. The molecule has 0 unspecified atom stereocenters. The van der Waals surface area contributed by atoms with E-state index in [-0.39, 0.29) is 31.2 Å². The smallest absolute Gasteiger partial charge is 0.251 e. The van der Waals surface area contributed by atoms with Crippen molar-refractivity contribution < 1.29 is 18.7 Å². The Morgan fingerprint density at radius 3 is 2.67 bits per heavy atom. The van der Waals surface area contributed by atoms with E-state index in [9.17, 15) is 14.0 Å². The lowest BCUT2D eigenvalue weighted by Crippen LogP contribution is -2.54. The number of amides is 1. The third-order valence-electron chi connectivity index (χ3n) is 5.11. The summed E-state index contributed by atoms with van der Waals surface area (Å²) in [6.07, 6.45) is -0.639. The van der Waals surface area contributed by atoms with Crippen LogP contribution in [0, 0.1) is 10.8 Å². The summed E-state index contributed by atoms with van der Waals surface area (Å²) >= 11 is 6.02. The Morgan fingerprint density at radius 1 is 1.37 bits per heavy atom. The second-order valence-electron chi connectivity index (χ2n) is 8.20. The molecule has 2 rings (SSSR count). The van der Waals surface area contributed by atoms with Crippen molar-refractivity contribution >= 4 is 23.3 Å². The van der Waals surface area contributed by atoms with Gasteiger partial charge in [-0.25, -0.2) is 4.39 Å². The number of methoxy groups -OCH3 is 1. The Morgan fingerprint density at radius 2 is 2.07 bits per heavy atom. The molecule has 150 valence electrons. The molecule has 0 radical (unpaired) electrons. The molecule has 1 saturated heterocycles. The normalized spacial score (nSPS) is 23.0. The molecular weight excluding hydrogens is 371 g/mol. The van der Waals surface area contributed by atoms with E-state index >= 15 is 0 Å². The highest BCUT2D eigenvalue weighted by Crippen LogP contribution is 2.37. The Labute approximate surface area is 165 Å². The molecule has 0 aromatic heterocycles. The number of hydrogen-bond acceptors (Lipinski definition) is 4. The monoisotopic (exact) mass is 398 g/mol. The fourth-order valence-corrected chi connectivity index (χ4v) is 3.38. The summed E-state index contributed by atoms with van der Waals surface area (Å²) in [4.78, 5) is 25.2. The van der Waals surface area contributed by atoms with Crippen molar-refractivity contribution in [2.24, 2.45) is 10.8 Å². The first-order chi connectivity index (χ1) is 12.6. The van der Waals surface area contributed by atoms with Crippen LogP contribution in [-0.4, -0.2) is 44.6 Å². The lowest BCUT2D eigenvalue weighted by atomic mass is 9.70. The van der Waals surface area contributed by atoms with Crippen molar-refractivity contribution in [1.29, 1.82) is 0 Å². The molecule has 2 atom stereocenters. The molecule has 1 heterocycles. The summed E-state index contributed by atoms with van der Waals surface area (Å²) in [6, 6.07) is 4.71. The van der Waals surface area contributed by atoms with Gasteiger partial charge in [0.15, 0.2) is 0 Å². The van der Waals surface area contributed by atoms with E-state index in [0.29, 0.717) is 29.3 Å². The predicted molar refractivity (Wildman–Crippen MR) is 104 cm³/mol. The van der Waals surface area contributed by atoms with Crippen molar-refractivity contribution in [2.75, 3.05) is 26.7 Å². The highest BCUT2D eigenvalue weighted by atomic mass is 35.5. The van der Waals surface area contributed by atoms with Crippen LogP contribution in [0.15, 0.2) is 18.2 Å². The second kappa shape index (κ2) is 8.57. The number of Topliss-reactive ketones (excluding diaryl/α,β-unsaturated/α-hetero) is 1. The number of benzene rings is 1. The summed E-state index contributed by atoms with van der Waals surface area (Å²) < 4.78 is 20.0. The van der Waals surface area contributed by atoms with E-state index < -0.39 is 17.0 Å². The van der Waals surface area contributed by atoms with Crippen LogP contribution >= 0.6 is 11.6 Å². The molecule has 2 N–H and O–H groups in total. The molecule has 7 heteroatoms. The molecule has 0 bridgehead atoms. The Hall–Kier alpha value is -1.66. The van der Waals surface area contributed by atoms with Crippen LogP contribution in [-0.2, 0) is 4.79 Å². The number of ketones is 1. The maximum atomic E-state index is 14.9. The number of carbonyl (C=O) groups excluding carboxylic acids is 2. The maximum Gasteiger partial charge on any atom is 0.251 e. The van der Waals surface area contributed by atoms with Crippen LogP contribution in [0.5, 0.6) is 5.75 Å². The number of alkyl halides is 1. The molecule has 27 heavy (non-hydrogen) atoms. The molecule has 1 amide bonds. The van der Waals surface area contributed by atoms with Gasteiger partial charge < -0.3 is 15.4 Å². The van der Waals surface area contributed by atoms with Crippen molar-refractivity contribution in [3.05, 3.63) is 28.8 Å². The van der Waals surface area contributed by atoms with Gasteiger partial charge in [0.1, 0.15) is 17.7 Å². The van der Waals surface area contributed by atoms with E-state index in [2.05, 4.69) is 10.6 Å². The van der Waals surface area contributed by atoms with E-state index in [0.717, 1.165) is 0 Å². The lowest BCUT2D eigenvalue weighted by molar-refractivity contribution is -0.130. The number of rotatable bonds is 6. The first-order valence-electron chi connectivity index (χ1n) is 9.08. The number of hydrogen-bond donors (Lipinski definition) is 2. The van der Waals surface area contributed by atoms with Gasteiger partial charge in [-0.3, -0.25) is 9.59 Å². The highest BCUT2D eigenvalue weighted by molar-refractivity contribution is 6.31. The van der Waals surface area contributed by atoms with Crippen LogP contribution in [0.4, 0.5) is 4.39 Å². The number of halogens is 2. The highest BCUT2D eigenvalue weighted by Gasteiger charge is 2.44. The SMILES string of the molecule is COc1cc(Cl)cc(C(=O)NC[C@]2(CC(=O)C(C)(C)C)CCNC[C@H]2F)c1. The van der Waals surface area contributed by atoms with Crippen molar-refractivity contribution in [3.8, 4) is 5.75 Å². The fourth-order valence-electron chi connectivity index (χ4n) is 3.15. The topological polar surface area (TPSA) is 67.4 Å². The standard InChI is InChI=1S/C20H28ClFN2O3/c1-19(2,3)17(25)10-20(5-6-23-11-16(20)22)12-24-18(26)13-7-14(21)9-15(8-13)27-4/h7-9,16,23H,5-6,10-12H2,1-4H3,(H,24,26)/t16-,20-/m1/s1. The second-order valence-corrected chi connectivity index (χ2v) is 8.63. The molecule has 1 aliphatic rings. The lowest BCUT2D eigenvalue weighted by Gasteiger charge is -2.41. The zero-order valence-electron chi connectivity index (χ0n) is 16.3. The minimum atomic E-state index is -1.22. The maximum absolute atomic E-state index is 14.9. The zero-order valence-corrected chi connectivity index (χ0v) is 17.1. The molecule has 0 spiro atoms. The number of piperidine rings is 1. The molecule has 1 aromatic carbocycles. The van der Waals surface area contributed by atoms with Crippen LogP contribution in [0.2, 0.25) is 5.02 Å². The molecular formula is C20H28ClFN2O3. The molecule has 1 fully saturated rings. The summed E-state index contributed by atoms with van der Waals surface area (Å²) in [6.45, 7) is 6.36. The predicted octanol–water partition coefficient (Wildman–Crippen LogP) is 3.40. The summed E-state index contributed by atoms with van der Waals surface area (Å²) in [5.41, 5.74) is -1.13. The van der Waals surface area contributed by atoms with Gasteiger partial charge in [-0.05, 0) is 31.2 Å². The summed E-state index contributed by atoms with van der Waals surface area (Å²) in [5.74, 6) is 0.0883. The largest absolute Gasteiger partial charge is 0.497 e. The van der Waals surface area contributed by atoms with Gasteiger partial charge in [0.25, 0.3) is 5.91 Å². The van der Waals surface area contributed by atoms with Crippen molar-refractivity contribution in [3.63, 3.8) is 0 Å². The van der Waals surface area contributed by atoms with Gasteiger partial charge in [0.05, 0.1) is 7.11 Å². The van der Waals surface area contributed by atoms with Crippen LogP contribution < -0.4 is 15.4 Å². The summed E-state index contributed by atoms with van der Waals surface area (Å²) in [5, 5.41) is 6.19. The van der Waals surface area contributed by atoms with Gasteiger partial charge in [0, 0.05) is 40.9 Å². The zero-order chi connectivity index (χ0) is 20.2. The van der Waals surface area contributed by atoms with Crippen LogP contribution in [0.1, 0.15) is 44.0 Å². The molecule has 0 saturated carbocycles. The number of carbonyl (C=O) groups is 2.